The van der Waals surface area contributed by atoms with Gasteiger partial charge in [-0.05, 0) is 48.9 Å². The average molecular weight is 354 g/mol. The third-order valence-electron chi connectivity index (χ3n) is 6.97. The molecule has 5 nitrogen and oxygen atoms in total. The van der Waals surface area contributed by atoms with Gasteiger partial charge in [-0.3, -0.25) is 9.69 Å². The zero-order valence-electron chi connectivity index (χ0n) is 15.5. The fourth-order valence-electron chi connectivity index (χ4n) is 6.13. The van der Waals surface area contributed by atoms with Crippen LogP contribution in [0.15, 0.2) is 18.2 Å². The molecule has 0 radical (unpaired) electrons. The maximum Gasteiger partial charge on any atom is 0.293 e. The van der Waals surface area contributed by atoms with Crippen molar-refractivity contribution < 1.29 is 14.3 Å². The number of rotatable bonds is 4. The maximum atomic E-state index is 10.7. The number of ether oxygens (including phenoxy) is 2. The second kappa shape index (κ2) is 6.02. The SMILES string of the molecule is COc1ccc2c(c1)c1c(n2C)C2CC3CC(COC=O)C2N(CC1)C3. The van der Waals surface area contributed by atoms with Gasteiger partial charge < -0.3 is 14.0 Å². The number of benzene rings is 1. The van der Waals surface area contributed by atoms with E-state index in [9.17, 15) is 4.79 Å². The van der Waals surface area contributed by atoms with Crippen LogP contribution in [-0.4, -0.2) is 48.8 Å². The van der Waals surface area contributed by atoms with Gasteiger partial charge in [0.1, 0.15) is 5.75 Å². The Morgan fingerprint density at radius 1 is 1.31 bits per heavy atom. The monoisotopic (exact) mass is 354 g/mol. The minimum absolute atomic E-state index is 0.455. The summed E-state index contributed by atoms with van der Waals surface area (Å²) in [4.78, 5) is 13.4. The van der Waals surface area contributed by atoms with Gasteiger partial charge in [-0.25, -0.2) is 0 Å². The number of fused-ring (bicyclic) bond motifs is 4. The molecule has 1 aromatic heterocycles. The quantitative estimate of drug-likeness (QED) is 0.792. The van der Waals surface area contributed by atoms with Gasteiger partial charge >= 0.3 is 0 Å². The van der Waals surface area contributed by atoms with Crippen molar-refractivity contribution >= 4 is 17.4 Å². The molecular formula is C21H26N2O3. The molecule has 3 aliphatic heterocycles. The molecule has 4 heterocycles. The normalized spacial score (nSPS) is 32.2. The van der Waals surface area contributed by atoms with Crippen LogP contribution in [0.25, 0.3) is 10.9 Å². The summed E-state index contributed by atoms with van der Waals surface area (Å²) in [5.74, 6) is 2.63. The largest absolute Gasteiger partial charge is 0.497 e. The summed E-state index contributed by atoms with van der Waals surface area (Å²) in [7, 11) is 3.95. The van der Waals surface area contributed by atoms with Crippen molar-refractivity contribution in [2.45, 2.75) is 31.2 Å². The van der Waals surface area contributed by atoms with Crippen LogP contribution in [0.3, 0.4) is 0 Å². The van der Waals surface area contributed by atoms with Crippen LogP contribution >= 0.6 is 0 Å². The molecule has 0 spiro atoms. The van der Waals surface area contributed by atoms with E-state index in [0.29, 0.717) is 36.9 Å². The predicted octanol–water partition coefficient (Wildman–Crippen LogP) is 2.71. The Labute approximate surface area is 153 Å². The molecule has 26 heavy (non-hydrogen) atoms. The molecule has 1 aliphatic carbocycles. The number of piperidine rings is 2. The summed E-state index contributed by atoms with van der Waals surface area (Å²) in [6.07, 6.45) is 3.53. The molecule has 0 amide bonds. The lowest BCUT2D eigenvalue weighted by Crippen LogP contribution is -2.57. The Balaban J connectivity index is 1.64. The van der Waals surface area contributed by atoms with Gasteiger partial charge in [0.2, 0.25) is 0 Å². The van der Waals surface area contributed by atoms with Gasteiger partial charge in [0, 0.05) is 54.6 Å². The zero-order chi connectivity index (χ0) is 17.8. The molecule has 1 aromatic carbocycles. The molecule has 4 bridgehead atoms. The van der Waals surface area contributed by atoms with Crippen LogP contribution < -0.4 is 4.74 Å². The fourth-order valence-corrected chi connectivity index (χ4v) is 6.13. The summed E-state index contributed by atoms with van der Waals surface area (Å²) in [6.45, 7) is 3.47. The number of aromatic nitrogens is 1. The first-order valence-electron chi connectivity index (χ1n) is 9.65. The zero-order valence-corrected chi connectivity index (χ0v) is 15.5. The minimum Gasteiger partial charge on any atom is -0.497 e. The van der Waals surface area contributed by atoms with Crippen molar-refractivity contribution in [1.29, 1.82) is 0 Å². The van der Waals surface area contributed by atoms with Crippen molar-refractivity contribution in [2.75, 3.05) is 26.8 Å². The summed E-state index contributed by atoms with van der Waals surface area (Å²) in [5.41, 5.74) is 4.30. The van der Waals surface area contributed by atoms with E-state index < -0.39 is 0 Å². The van der Waals surface area contributed by atoms with Crippen LogP contribution in [0, 0.1) is 11.8 Å². The van der Waals surface area contributed by atoms with Gasteiger partial charge in [0.05, 0.1) is 13.7 Å². The number of hydrogen-bond acceptors (Lipinski definition) is 4. The van der Waals surface area contributed by atoms with Gasteiger partial charge in [-0.15, -0.1) is 0 Å². The molecule has 5 heteroatoms. The van der Waals surface area contributed by atoms with Crippen LogP contribution in [0.5, 0.6) is 5.75 Å². The van der Waals surface area contributed by atoms with Gasteiger partial charge in [-0.1, -0.05) is 0 Å². The van der Waals surface area contributed by atoms with E-state index in [2.05, 4.69) is 34.7 Å². The Kier molecular flexibility index (Phi) is 3.74. The number of carbonyl (C=O) groups excluding carboxylic acids is 1. The lowest BCUT2D eigenvalue weighted by molar-refractivity contribution is -0.133. The van der Waals surface area contributed by atoms with Crippen molar-refractivity contribution in [3.63, 3.8) is 0 Å². The first-order chi connectivity index (χ1) is 12.7. The Bertz CT molecular complexity index is 859. The molecule has 6 rings (SSSR count). The van der Waals surface area contributed by atoms with Gasteiger partial charge in [0.25, 0.3) is 6.47 Å². The Hall–Kier alpha value is -2.01. The smallest absolute Gasteiger partial charge is 0.293 e. The maximum absolute atomic E-state index is 10.7. The molecule has 5 unspecified atom stereocenters. The van der Waals surface area contributed by atoms with E-state index in [1.807, 2.05) is 0 Å². The average Bonchev–Trinajstić information content (AvgIpc) is 2.88. The van der Waals surface area contributed by atoms with Gasteiger partial charge in [-0.2, -0.15) is 0 Å². The van der Waals surface area contributed by atoms with E-state index in [1.165, 1.54) is 41.5 Å². The van der Waals surface area contributed by atoms with Crippen molar-refractivity contribution in [2.24, 2.45) is 18.9 Å². The summed E-state index contributed by atoms with van der Waals surface area (Å²) in [6, 6.07) is 6.94. The molecule has 138 valence electrons. The molecule has 4 aliphatic rings. The van der Waals surface area contributed by atoms with Crippen LogP contribution in [0.1, 0.15) is 30.0 Å². The van der Waals surface area contributed by atoms with E-state index >= 15 is 0 Å². The molecule has 2 aromatic rings. The lowest BCUT2D eigenvalue weighted by Gasteiger charge is -2.53. The first kappa shape index (κ1) is 16.2. The third kappa shape index (κ3) is 2.22. The van der Waals surface area contributed by atoms with Crippen molar-refractivity contribution in [1.82, 2.24) is 9.47 Å². The highest BCUT2D eigenvalue weighted by Gasteiger charge is 2.50. The van der Waals surface area contributed by atoms with Crippen LogP contribution in [0.4, 0.5) is 0 Å². The minimum atomic E-state index is 0.455. The molecule has 3 fully saturated rings. The summed E-state index contributed by atoms with van der Waals surface area (Å²) < 4.78 is 13.1. The standard InChI is InChI=1S/C21H26N2O3/c1-22-19-4-3-15(25-2)9-17(19)16-5-6-23-10-13-7-14(11-26-12-24)20(23)18(8-13)21(16)22/h3-4,9,12-14,18,20H,5-8,10-11H2,1-2H3. The third-order valence-corrected chi connectivity index (χ3v) is 6.97. The first-order valence-corrected chi connectivity index (χ1v) is 9.65. The van der Waals surface area contributed by atoms with E-state index in [-0.39, 0.29) is 0 Å². The Morgan fingerprint density at radius 2 is 2.19 bits per heavy atom. The second-order valence-electron chi connectivity index (χ2n) is 8.17. The molecule has 0 N–H and O–H groups in total. The number of aryl methyl sites for hydroxylation is 1. The highest BCUT2D eigenvalue weighted by molar-refractivity contribution is 5.87. The lowest BCUT2D eigenvalue weighted by atomic mass is 9.66. The van der Waals surface area contributed by atoms with Gasteiger partial charge in [0.15, 0.2) is 0 Å². The number of methoxy groups -OCH3 is 1. The molecular weight excluding hydrogens is 328 g/mol. The molecule has 5 atom stereocenters. The number of nitrogens with zero attached hydrogens (tertiary/aromatic N) is 2. The number of carbonyl (C=O) groups is 1. The van der Waals surface area contributed by atoms with Crippen LogP contribution in [-0.2, 0) is 23.0 Å². The summed E-state index contributed by atoms with van der Waals surface area (Å²) in [5, 5.41) is 1.34. The topological polar surface area (TPSA) is 43.7 Å². The van der Waals surface area contributed by atoms with Crippen molar-refractivity contribution in [3.8, 4) is 5.75 Å². The predicted molar refractivity (Wildman–Crippen MR) is 99.5 cm³/mol. The molecule has 2 saturated heterocycles. The van der Waals surface area contributed by atoms with E-state index in [0.717, 1.165) is 18.7 Å². The van der Waals surface area contributed by atoms with Crippen molar-refractivity contribution in [3.05, 3.63) is 29.5 Å². The fraction of sp³-hybridized carbons (Fsp3) is 0.571. The molecule has 1 saturated carbocycles. The Morgan fingerprint density at radius 3 is 3.00 bits per heavy atom. The van der Waals surface area contributed by atoms with E-state index in [1.54, 1.807) is 7.11 Å². The second-order valence-corrected chi connectivity index (χ2v) is 8.17. The summed E-state index contributed by atoms with van der Waals surface area (Å²) >= 11 is 0. The highest BCUT2D eigenvalue weighted by atomic mass is 16.5. The number of hydrogen-bond donors (Lipinski definition) is 0. The van der Waals surface area contributed by atoms with E-state index in [4.69, 9.17) is 9.47 Å². The highest BCUT2D eigenvalue weighted by Crippen LogP contribution is 2.51. The van der Waals surface area contributed by atoms with Crippen LogP contribution in [0.2, 0.25) is 0 Å².